The summed E-state index contributed by atoms with van der Waals surface area (Å²) in [4.78, 5) is 38.8. The molecular formula is C33H34Cl3N7O5S. The van der Waals surface area contributed by atoms with Gasteiger partial charge < -0.3 is 20.3 Å². The summed E-state index contributed by atoms with van der Waals surface area (Å²) >= 11 is 13.2. The average molecular weight is 747 g/mol. The highest BCUT2D eigenvalue weighted by Gasteiger charge is 2.43. The van der Waals surface area contributed by atoms with Gasteiger partial charge in [0.1, 0.15) is 34.6 Å². The second-order valence-electron chi connectivity index (χ2n) is 11.6. The molecule has 49 heavy (non-hydrogen) atoms. The predicted molar refractivity (Wildman–Crippen MR) is 189 cm³/mol. The molecule has 1 atom stereocenters. The number of fused-ring (bicyclic) bond motifs is 1. The molecule has 258 valence electrons. The number of para-hydroxylation sites is 1. The quantitative estimate of drug-likeness (QED) is 0.194. The summed E-state index contributed by atoms with van der Waals surface area (Å²) < 4.78 is 35.4. The van der Waals surface area contributed by atoms with E-state index in [2.05, 4.69) is 9.97 Å². The Balaban J connectivity index is 0.00000468. The lowest BCUT2D eigenvalue weighted by Crippen LogP contribution is -2.55. The number of nitrogens with zero attached hydrogens (tertiary/aromatic N) is 5. The van der Waals surface area contributed by atoms with Gasteiger partial charge in [-0.05, 0) is 56.2 Å². The first kappa shape index (κ1) is 36.3. The van der Waals surface area contributed by atoms with E-state index in [1.807, 2.05) is 13.0 Å². The topological polar surface area (TPSA) is 163 Å². The van der Waals surface area contributed by atoms with Gasteiger partial charge in [-0.15, -0.1) is 12.4 Å². The number of amidine groups is 1. The van der Waals surface area contributed by atoms with E-state index in [0.717, 1.165) is 0 Å². The minimum atomic E-state index is -4.21. The Morgan fingerprint density at radius 3 is 2.35 bits per heavy atom. The number of benzene rings is 3. The fourth-order valence-electron chi connectivity index (χ4n) is 5.99. The lowest BCUT2D eigenvalue weighted by atomic mass is 10.1. The molecule has 2 fully saturated rings. The number of carbonyl (C=O) groups excluding carboxylic acids is 2. The van der Waals surface area contributed by atoms with Crippen LogP contribution in [0.5, 0.6) is 5.75 Å². The molecule has 0 radical (unpaired) electrons. The van der Waals surface area contributed by atoms with Gasteiger partial charge in [0, 0.05) is 60.6 Å². The number of piperazine rings is 1. The maximum absolute atomic E-state index is 14.1. The second-order valence-corrected chi connectivity index (χ2v) is 14.3. The molecular weight excluding hydrogens is 713 g/mol. The van der Waals surface area contributed by atoms with Crippen molar-refractivity contribution in [2.24, 2.45) is 5.73 Å². The third kappa shape index (κ3) is 7.31. The zero-order chi connectivity index (χ0) is 34.2. The molecule has 2 aliphatic heterocycles. The van der Waals surface area contributed by atoms with Crippen molar-refractivity contribution < 1.29 is 22.7 Å². The van der Waals surface area contributed by atoms with Gasteiger partial charge in [-0.2, -0.15) is 4.31 Å². The van der Waals surface area contributed by atoms with Gasteiger partial charge in [0.25, 0.3) is 5.91 Å². The van der Waals surface area contributed by atoms with Crippen molar-refractivity contribution in [2.75, 3.05) is 32.7 Å². The van der Waals surface area contributed by atoms with Crippen LogP contribution in [0.1, 0.15) is 40.0 Å². The van der Waals surface area contributed by atoms with E-state index in [9.17, 15) is 18.0 Å². The number of sulfonamides is 1. The van der Waals surface area contributed by atoms with Crippen molar-refractivity contribution in [3.05, 3.63) is 93.2 Å². The highest BCUT2D eigenvalue weighted by molar-refractivity contribution is 7.89. The minimum absolute atomic E-state index is 0. The van der Waals surface area contributed by atoms with Crippen LogP contribution in [-0.4, -0.2) is 88.9 Å². The first-order valence-electron chi connectivity index (χ1n) is 15.3. The number of aromatic nitrogens is 2. The normalized spacial score (nSPS) is 16.8. The average Bonchev–Trinajstić information content (AvgIpc) is 3.59. The first-order chi connectivity index (χ1) is 23.0. The molecule has 2 amide bonds. The maximum Gasteiger partial charge on any atom is 0.253 e. The molecule has 1 unspecified atom stereocenters. The number of hydrogen-bond donors (Lipinski definition) is 2. The predicted octanol–water partition coefficient (Wildman–Crippen LogP) is 4.67. The lowest BCUT2D eigenvalue weighted by molar-refractivity contribution is -0.136. The van der Waals surface area contributed by atoms with Crippen molar-refractivity contribution in [3.63, 3.8) is 0 Å². The number of rotatable bonds is 8. The molecule has 0 spiro atoms. The molecule has 16 heteroatoms. The number of hydrogen-bond acceptors (Lipinski definition) is 8. The van der Waals surface area contributed by atoms with Crippen molar-refractivity contribution in [3.8, 4) is 5.75 Å². The number of carbonyl (C=O) groups is 2. The summed E-state index contributed by atoms with van der Waals surface area (Å²) in [5, 5.41) is 7.69. The van der Waals surface area contributed by atoms with Gasteiger partial charge >= 0.3 is 0 Å². The SMILES string of the molecule is Cc1cnc2cccc(OCc3c(Cl)ccc(S(=O)(=O)N4CCCC4C(=O)N4CCN(C(=O)c5ccc(C(=N)N)cc5)CC4)c3Cl)c2n1.Cl. The molecule has 0 saturated carbocycles. The number of ether oxygens (including phenoxy) is 1. The van der Waals surface area contributed by atoms with Crippen molar-refractivity contribution in [1.29, 1.82) is 5.41 Å². The van der Waals surface area contributed by atoms with Gasteiger partial charge in [-0.25, -0.2) is 13.4 Å². The largest absolute Gasteiger partial charge is 0.486 e. The van der Waals surface area contributed by atoms with Crippen LogP contribution in [0.25, 0.3) is 11.0 Å². The fraction of sp³-hybridized carbons (Fsp3) is 0.303. The summed E-state index contributed by atoms with van der Waals surface area (Å²) in [5.74, 6) is -0.139. The molecule has 3 N–H and O–H groups in total. The molecule has 0 bridgehead atoms. The Morgan fingerprint density at radius 1 is 0.980 bits per heavy atom. The Labute approximate surface area is 300 Å². The number of halogens is 3. The number of amides is 2. The number of nitrogens with two attached hydrogens (primary N) is 1. The van der Waals surface area contributed by atoms with E-state index < -0.39 is 16.1 Å². The zero-order valence-electron chi connectivity index (χ0n) is 26.4. The third-order valence-corrected chi connectivity index (χ3v) is 11.4. The van der Waals surface area contributed by atoms with Crippen molar-refractivity contribution in [2.45, 2.75) is 37.3 Å². The number of aryl methyl sites for hydroxylation is 1. The fourth-order valence-corrected chi connectivity index (χ4v) is 8.50. The van der Waals surface area contributed by atoms with Crippen LogP contribution in [0.15, 0.2) is 65.7 Å². The highest BCUT2D eigenvalue weighted by atomic mass is 35.5. The van der Waals surface area contributed by atoms with Crippen LogP contribution in [0.2, 0.25) is 10.0 Å². The van der Waals surface area contributed by atoms with Gasteiger partial charge in [0.05, 0.1) is 16.2 Å². The molecule has 4 aromatic rings. The standard InChI is InChI=1S/C33H33Cl2N7O5S.ClH/c1-20-18-38-25-4-2-6-27(30(25)39-20)47-19-23-24(34)11-12-28(29(23)35)48(45,46)42-13-3-5-26(42)33(44)41-16-14-40(15-17-41)32(43)22-9-7-21(8-10-22)31(36)37;/h2,4,6-12,18,26H,3,5,13-17,19H2,1H3,(H3,36,37);1H. The van der Waals surface area contributed by atoms with Gasteiger partial charge in [-0.1, -0.05) is 41.4 Å². The van der Waals surface area contributed by atoms with Crippen LogP contribution in [0, 0.1) is 12.3 Å². The Bertz CT molecular complexity index is 2020. The Hall–Kier alpha value is -4.01. The van der Waals surface area contributed by atoms with Crippen LogP contribution in [0.3, 0.4) is 0 Å². The number of nitrogen functional groups attached to an aromatic ring is 1. The van der Waals surface area contributed by atoms with Gasteiger partial charge in [0.15, 0.2) is 0 Å². The third-order valence-electron chi connectivity index (χ3n) is 8.58. The molecule has 2 saturated heterocycles. The van der Waals surface area contributed by atoms with E-state index in [1.54, 1.807) is 52.4 Å². The van der Waals surface area contributed by atoms with E-state index in [-0.39, 0.29) is 76.8 Å². The molecule has 12 nitrogen and oxygen atoms in total. The maximum atomic E-state index is 14.1. The molecule has 3 aromatic carbocycles. The summed E-state index contributed by atoms with van der Waals surface area (Å²) in [6.45, 7) is 2.99. The minimum Gasteiger partial charge on any atom is -0.486 e. The smallest absolute Gasteiger partial charge is 0.253 e. The summed E-state index contributed by atoms with van der Waals surface area (Å²) in [6.07, 6.45) is 2.53. The summed E-state index contributed by atoms with van der Waals surface area (Å²) in [6, 6.07) is 13.7. The van der Waals surface area contributed by atoms with E-state index >= 15 is 0 Å². The lowest BCUT2D eigenvalue weighted by Gasteiger charge is -2.37. The molecule has 3 heterocycles. The second kappa shape index (κ2) is 14.9. The van der Waals surface area contributed by atoms with Crippen LogP contribution in [-0.2, 0) is 21.4 Å². The first-order valence-corrected chi connectivity index (χ1v) is 17.5. The van der Waals surface area contributed by atoms with Crippen LogP contribution in [0.4, 0.5) is 0 Å². The molecule has 2 aliphatic rings. The van der Waals surface area contributed by atoms with Gasteiger partial charge in [0.2, 0.25) is 15.9 Å². The Morgan fingerprint density at radius 2 is 1.65 bits per heavy atom. The Kier molecular flexibility index (Phi) is 11.0. The van der Waals surface area contributed by atoms with Crippen LogP contribution >= 0.6 is 35.6 Å². The van der Waals surface area contributed by atoms with Crippen LogP contribution < -0.4 is 10.5 Å². The summed E-state index contributed by atoms with van der Waals surface area (Å²) in [5.41, 5.74) is 8.69. The van der Waals surface area contributed by atoms with Gasteiger partial charge in [-0.3, -0.25) is 20.0 Å². The monoisotopic (exact) mass is 745 g/mol. The van der Waals surface area contributed by atoms with Crippen molar-refractivity contribution >= 4 is 74.3 Å². The number of nitrogens with one attached hydrogen (secondary N) is 1. The molecule has 6 rings (SSSR count). The molecule has 0 aliphatic carbocycles. The highest BCUT2D eigenvalue weighted by Crippen LogP contribution is 2.37. The van der Waals surface area contributed by atoms with E-state index in [4.69, 9.17) is 39.1 Å². The van der Waals surface area contributed by atoms with E-state index in [1.165, 1.54) is 16.4 Å². The zero-order valence-corrected chi connectivity index (χ0v) is 29.6. The summed E-state index contributed by atoms with van der Waals surface area (Å²) in [7, 11) is -4.21. The molecule has 1 aromatic heterocycles. The van der Waals surface area contributed by atoms with E-state index in [0.29, 0.717) is 59.5 Å². The van der Waals surface area contributed by atoms with Crippen molar-refractivity contribution in [1.82, 2.24) is 24.1 Å².